The first-order valence-electron chi connectivity index (χ1n) is 9.00. The Hall–Kier alpha value is -2.95. The number of nitrogens with zero attached hydrogens (tertiary/aromatic N) is 5. The van der Waals surface area contributed by atoms with Crippen molar-refractivity contribution < 1.29 is 4.79 Å². The van der Waals surface area contributed by atoms with Crippen LogP contribution < -0.4 is 5.32 Å². The highest BCUT2D eigenvalue weighted by atomic mass is 35.5. The Labute approximate surface area is 178 Å². The molecule has 2 heterocycles. The number of nitriles is 1. The summed E-state index contributed by atoms with van der Waals surface area (Å²) in [6.45, 7) is 3.85. The molecule has 0 bridgehead atoms. The zero-order valence-corrected chi connectivity index (χ0v) is 17.4. The Morgan fingerprint density at radius 3 is 2.59 bits per heavy atom. The van der Waals surface area contributed by atoms with Crippen molar-refractivity contribution in [2.45, 2.75) is 32.7 Å². The largest absolute Gasteiger partial charge is 0.342 e. The topological polar surface area (TPSA) is 96.5 Å². The maximum Gasteiger partial charge on any atom is 0.251 e. The number of nitrogens with one attached hydrogen (secondary N) is 1. The van der Waals surface area contributed by atoms with Gasteiger partial charge in [-0.1, -0.05) is 30.1 Å². The fraction of sp³-hybridized carbons (Fsp3) is 0.250. The minimum Gasteiger partial charge on any atom is -0.342 e. The minimum absolute atomic E-state index is 0.332. The summed E-state index contributed by atoms with van der Waals surface area (Å²) in [5.41, 5.74) is 0.800. The first-order valence-corrected chi connectivity index (χ1v) is 9.76. The summed E-state index contributed by atoms with van der Waals surface area (Å²) in [6.07, 6.45) is 3.05. The number of halogens is 2. The van der Waals surface area contributed by atoms with E-state index in [9.17, 15) is 4.79 Å². The molecule has 0 aliphatic heterocycles. The van der Waals surface area contributed by atoms with E-state index in [1.807, 2.05) is 19.9 Å². The van der Waals surface area contributed by atoms with Gasteiger partial charge in [-0.15, -0.1) is 5.10 Å². The van der Waals surface area contributed by atoms with Crippen LogP contribution in [0.25, 0.3) is 5.82 Å². The number of hydrogen-bond donors (Lipinski definition) is 1. The molecule has 1 N–H and O–H groups in total. The van der Waals surface area contributed by atoms with E-state index in [-0.39, 0.29) is 5.91 Å². The Morgan fingerprint density at radius 2 is 2.00 bits per heavy atom. The molecule has 2 aromatic heterocycles. The van der Waals surface area contributed by atoms with Gasteiger partial charge in [0.15, 0.2) is 17.5 Å². The SMILES string of the molecule is CCCc1nc([C@H](C)NC(=O)c2cc(Cl)cc(Cl)c2)n(-c2ccc(C#N)cn2)n1. The Kier molecular flexibility index (Phi) is 6.47. The number of amides is 1. The molecule has 148 valence electrons. The van der Waals surface area contributed by atoms with E-state index in [0.717, 1.165) is 6.42 Å². The van der Waals surface area contributed by atoms with Crippen LogP contribution in [0.15, 0.2) is 36.5 Å². The van der Waals surface area contributed by atoms with Crippen molar-refractivity contribution in [2.75, 3.05) is 0 Å². The first kappa shape index (κ1) is 20.8. The van der Waals surface area contributed by atoms with Crippen LogP contribution in [-0.4, -0.2) is 25.7 Å². The number of benzene rings is 1. The third-order valence-corrected chi connectivity index (χ3v) is 4.54. The van der Waals surface area contributed by atoms with E-state index < -0.39 is 6.04 Å². The molecular weight excluding hydrogens is 411 g/mol. The van der Waals surface area contributed by atoms with Crippen LogP contribution >= 0.6 is 23.2 Å². The van der Waals surface area contributed by atoms with Crippen molar-refractivity contribution in [1.29, 1.82) is 5.26 Å². The van der Waals surface area contributed by atoms with Crippen molar-refractivity contribution >= 4 is 29.1 Å². The molecule has 3 aromatic rings. The number of hydrogen-bond acceptors (Lipinski definition) is 5. The molecule has 0 unspecified atom stereocenters. The summed E-state index contributed by atoms with van der Waals surface area (Å²) in [5, 5.41) is 17.1. The minimum atomic E-state index is -0.462. The van der Waals surface area contributed by atoms with Crippen LogP contribution in [0.5, 0.6) is 0 Å². The molecule has 0 saturated heterocycles. The lowest BCUT2D eigenvalue weighted by Gasteiger charge is -2.14. The van der Waals surface area contributed by atoms with Gasteiger partial charge in [-0.3, -0.25) is 4.79 Å². The normalized spacial score (nSPS) is 11.7. The van der Waals surface area contributed by atoms with Crippen LogP contribution in [0, 0.1) is 11.3 Å². The predicted molar refractivity (Wildman–Crippen MR) is 110 cm³/mol. The van der Waals surface area contributed by atoms with E-state index in [1.54, 1.807) is 35.0 Å². The van der Waals surface area contributed by atoms with Crippen LogP contribution in [0.1, 0.15) is 53.9 Å². The van der Waals surface area contributed by atoms with Gasteiger partial charge in [-0.25, -0.2) is 9.97 Å². The van der Waals surface area contributed by atoms with Gasteiger partial charge in [0, 0.05) is 28.2 Å². The monoisotopic (exact) mass is 428 g/mol. The molecule has 0 fully saturated rings. The molecular formula is C20H18Cl2N6O. The second-order valence-electron chi connectivity index (χ2n) is 6.42. The van der Waals surface area contributed by atoms with E-state index in [0.29, 0.717) is 45.1 Å². The molecule has 7 nitrogen and oxygen atoms in total. The highest BCUT2D eigenvalue weighted by Gasteiger charge is 2.21. The van der Waals surface area contributed by atoms with Crippen molar-refractivity contribution in [3.05, 3.63) is 69.3 Å². The summed E-state index contributed by atoms with van der Waals surface area (Å²) in [7, 11) is 0. The third-order valence-electron chi connectivity index (χ3n) is 4.10. The Morgan fingerprint density at radius 1 is 1.28 bits per heavy atom. The number of pyridine rings is 1. The number of carbonyl (C=O) groups is 1. The van der Waals surface area contributed by atoms with Gasteiger partial charge in [-0.05, 0) is 43.7 Å². The van der Waals surface area contributed by atoms with Crippen molar-refractivity contribution in [3.8, 4) is 11.9 Å². The summed E-state index contributed by atoms with van der Waals surface area (Å²) in [6, 6.07) is 9.58. The molecule has 0 radical (unpaired) electrons. The van der Waals surface area contributed by atoms with E-state index >= 15 is 0 Å². The summed E-state index contributed by atoms with van der Waals surface area (Å²) in [5.74, 6) is 1.37. The number of aryl methyl sites for hydroxylation is 1. The molecule has 1 aromatic carbocycles. The molecule has 3 rings (SSSR count). The van der Waals surface area contributed by atoms with E-state index in [2.05, 4.69) is 20.4 Å². The maximum absolute atomic E-state index is 12.7. The van der Waals surface area contributed by atoms with Crippen LogP contribution in [0.4, 0.5) is 0 Å². The van der Waals surface area contributed by atoms with Gasteiger partial charge in [-0.2, -0.15) is 9.94 Å². The Bertz CT molecular complexity index is 1050. The smallest absolute Gasteiger partial charge is 0.251 e. The third kappa shape index (κ3) is 4.91. The zero-order chi connectivity index (χ0) is 21.0. The van der Waals surface area contributed by atoms with Crippen LogP contribution in [-0.2, 0) is 6.42 Å². The average molecular weight is 429 g/mol. The second kappa shape index (κ2) is 9.03. The fourth-order valence-electron chi connectivity index (χ4n) is 2.75. The van der Waals surface area contributed by atoms with Crippen molar-refractivity contribution in [2.24, 2.45) is 0 Å². The molecule has 9 heteroatoms. The van der Waals surface area contributed by atoms with E-state index in [1.165, 1.54) is 6.20 Å². The van der Waals surface area contributed by atoms with Crippen LogP contribution in [0.3, 0.4) is 0 Å². The van der Waals surface area contributed by atoms with E-state index in [4.69, 9.17) is 28.5 Å². The maximum atomic E-state index is 12.7. The molecule has 1 atom stereocenters. The van der Waals surface area contributed by atoms with Crippen molar-refractivity contribution in [1.82, 2.24) is 25.1 Å². The number of rotatable bonds is 6. The van der Waals surface area contributed by atoms with Crippen LogP contribution in [0.2, 0.25) is 10.0 Å². The molecule has 29 heavy (non-hydrogen) atoms. The molecule has 0 spiro atoms. The van der Waals surface area contributed by atoms with Gasteiger partial charge < -0.3 is 5.32 Å². The lowest BCUT2D eigenvalue weighted by molar-refractivity contribution is 0.0938. The highest BCUT2D eigenvalue weighted by molar-refractivity contribution is 6.35. The lowest BCUT2D eigenvalue weighted by Crippen LogP contribution is -2.28. The van der Waals surface area contributed by atoms with Gasteiger partial charge in [0.1, 0.15) is 6.07 Å². The number of carbonyl (C=O) groups excluding carboxylic acids is 1. The van der Waals surface area contributed by atoms with Gasteiger partial charge in [0.05, 0.1) is 11.6 Å². The number of aromatic nitrogens is 4. The zero-order valence-electron chi connectivity index (χ0n) is 15.9. The first-order chi connectivity index (χ1) is 13.9. The highest BCUT2D eigenvalue weighted by Crippen LogP contribution is 2.21. The van der Waals surface area contributed by atoms with Gasteiger partial charge >= 0.3 is 0 Å². The molecule has 0 aliphatic rings. The Balaban J connectivity index is 1.91. The molecule has 0 saturated carbocycles. The standard InChI is InChI=1S/C20H18Cl2N6O/c1-3-4-17-26-19(28(27-17)18-6-5-13(10-23)11-24-18)12(2)25-20(29)14-7-15(21)9-16(22)8-14/h5-9,11-12H,3-4H2,1-2H3,(H,25,29)/t12-/m0/s1. The molecule has 0 aliphatic carbocycles. The summed E-state index contributed by atoms with van der Waals surface area (Å²) < 4.78 is 1.59. The van der Waals surface area contributed by atoms with Gasteiger partial charge in [0.25, 0.3) is 5.91 Å². The van der Waals surface area contributed by atoms with Gasteiger partial charge in [0.2, 0.25) is 0 Å². The fourth-order valence-corrected chi connectivity index (χ4v) is 3.28. The average Bonchev–Trinajstić information content (AvgIpc) is 3.11. The second-order valence-corrected chi connectivity index (χ2v) is 7.29. The predicted octanol–water partition coefficient (Wildman–Crippen LogP) is 4.28. The quantitative estimate of drug-likeness (QED) is 0.631. The summed E-state index contributed by atoms with van der Waals surface area (Å²) in [4.78, 5) is 21.5. The summed E-state index contributed by atoms with van der Waals surface area (Å²) >= 11 is 12.0. The molecule has 1 amide bonds. The lowest BCUT2D eigenvalue weighted by atomic mass is 10.2. The van der Waals surface area contributed by atoms with Crippen molar-refractivity contribution in [3.63, 3.8) is 0 Å².